The monoisotopic (exact) mass is 444 g/mol. The third-order valence-corrected chi connectivity index (χ3v) is 4.65. The maximum absolute atomic E-state index is 13.8. The van der Waals surface area contributed by atoms with Gasteiger partial charge in [0.05, 0.1) is 0 Å². The lowest BCUT2D eigenvalue weighted by Gasteiger charge is -2.09. The van der Waals surface area contributed by atoms with Gasteiger partial charge in [0.25, 0.3) is 0 Å². The minimum Gasteiger partial charge on any atom is -0.477 e. The van der Waals surface area contributed by atoms with E-state index < -0.39 is 17.8 Å². The number of amides is 2. The van der Waals surface area contributed by atoms with E-state index in [1.807, 2.05) is 13.8 Å². The molecule has 1 aromatic heterocycles. The highest BCUT2D eigenvalue weighted by molar-refractivity contribution is 7.11. The molecule has 0 saturated heterocycles. The van der Waals surface area contributed by atoms with E-state index in [9.17, 15) is 19.1 Å². The second kappa shape index (κ2) is 10.9. The minimum atomic E-state index is -1.32. The van der Waals surface area contributed by atoms with Crippen LogP contribution >= 0.6 is 23.1 Å². The number of urea groups is 1. The van der Waals surface area contributed by atoms with Crippen molar-refractivity contribution in [3.63, 3.8) is 0 Å². The number of hydrogen-bond donors (Lipinski definition) is 4. The van der Waals surface area contributed by atoms with Gasteiger partial charge in [-0.2, -0.15) is 4.37 Å². The highest BCUT2D eigenvalue weighted by atomic mass is 35.5. The summed E-state index contributed by atoms with van der Waals surface area (Å²) in [6.07, 6.45) is 0.723. The Morgan fingerprint density at radius 3 is 2.76 bits per heavy atom. The molecule has 2 aromatic rings. The fourth-order valence-electron chi connectivity index (χ4n) is 2.26. The average Bonchev–Trinajstić information content (AvgIpc) is 3.03. The Morgan fingerprint density at radius 2 is 2.10 bits per heavy atom. The van der Waals surface area contributed by atoms with E-state index in [-0.39, 0.29) is 33.6 Å². The molecule has 0 unspecified atom stereocenters. The van der Waals surface area contributed by atoms with Gasteiger partial charge in [-0.15, -0.1) is 0 Å². The standard InChI is InChI=1S/C18H22ClFN4O4S/c1-10(2)21-6-3-7-22-18(27)23-16-14(17(25)26)15(24-29-16)28-9-11-4-5-12(19)8-13(11)20/h4-5,8,10,21H,3,6-7,9H2,1-2H3,(H,25,26)(H2,22,23,27). The summed E-state index contributed by atoms with van der Waals surface area (Å²) in [6, 6.07) is 3.88. The highest BCUT2D eigenvalue weighted by Crippen LogP contribution is 2.31. The van der Waals surface area contributed by atoms with Crippen molar-refractivity contribution < 1.29 is 23.8 Å². The van der Waals surface area contributed by atoms with Crippen molar-refractivity contribution in [3.8, 4) is 5.88 Å². The molecule has 11 heteroatoms. The topological polar surface area (TPSA) is 113 Å². The van der Waals surface area contributed by atoms with Gasteiger partial charge in [-0.1, -0.05) is 31.5 Å². The van der Waals surface area contributed by atoms with Gasteiger partial charge in [0.15, 0.2) is 5.56 Å². The zero-order valence-corrected chi connectivity index (χ0v) is 17.5. The first-order chi connectivity index (χ1) is 13.8. The van der Waals surface area contributed by atoms with E-state index in [1.54, 1.807) is 0 Å². The molecular weight excluding hydrogens is 423 g/mol. The van der Waals surface area contributed by atoms with Crippen molar-refractivity contribution >= 4 is 40.1 Å². The molecule has 0 aliphatic heterocycles. The van der Waals surface area contributed by atoms with Gasteiger partial charge in [-0.05, 0) is 36.6 Å². The lowest BCUT2D eigenvalue weighted by molar-refractivity contribution is 0.0693. The summed E-state index contributed by atoms with van der Waals surface area (Å²) >= 11 is 6.47. The number of halogens is 2. The molecule has 4 N–H and O–H groups in total. The number of benzene rings is 1. The highest BCUT2D eigenvalue weighted by Gasteiger charge is 2.23. The normalized spacial score (nSPS) is 10.8. The van der Waals surface area contributed by atoms with Crippen molar-refractivity contribution in [1.82, 2.24) is 15.0 Å². The number of rotatable bonds is 10. The van der Waals surface area contributed by atoms with Crippen LogP contribution in [0, 0.1) is 5.82 Å². The molecular formula is C18H22ClFN4O4S. The quantitative estimate of drug-likeness (QED) is 0.415. The third kappa shape index (κ3) is 7.15. The second-order valence-electron chi connectivity index (χ2n) is 6.36. The van der Waals surface area contributed by atoms with Gasteiger partial charge in [0.2, 0.25) is 5.88 Å². The molecule has 29 heavy (non-hydrogen) atoms. The van der Waals surface area contributed by atoms with Crippen molar-refractivity contribution in [1.29, 1.82) is 0 Å². The number of carboxylic acid groups (broad SMARTS) is 1. The van der Waals surface area contributed by atoms with Gasteiger partial charge >= 0.3 is 12.0 Å². The summed E-state index contributed by atoms with van der Waals surface area (Å²) in [5.74, 6) is -2.09. The van der Waals surface area contributed by atoms with Crippen LogP contribution in [0.2, 0.25) is 5.02 Å². The summed E-state index contributed by atoms with van der Waals surface area (Å²) < 4.78 is 23.1. The molecule has 0 radical (unpaired) electrons. The fraction of sp³-hybridized carbons (Fsp3) is 0.389. The minimum absolute atomic E-state index is 0.0295. The summed E-state index contributed by atoms with van der Waals surface area (Å²) in [5.41, 5.74) is -0.0954. The number of ether oxygens (including phenoxy) is 1. The van der Waals surface area contributed by atoms with Crippen molar-refractivity contribution in [2.24, 2.45) is 0 Å². The number of carboxylic acids is 1. The van der Waals surface area contributed by atoms with Crippen LogP contribution in [0.4, 0.5) is 14.2 Å². The van der Waals surface area contributed by atoms with Crippen LogP contribution in [0.5, 0.6) is 5.88 Å². The van der Waals surface area contributed by atoms with Gasteiger partial charge in [0, 0.05) is 23.2 Å². The Hall–Kier alpha value is -2.43. The number of carbonyl (C=O) groups excluding carboxylic acids is 1. The molecule has 2 rings (SSSR count). The zero-order chi connectivity index (χ0) is 21.4. The van der Waals surface area contributed by atoms with Crippen molar-refractivity contribution in [2.75, 3.05) is 18.4 Å². The van der Waals surface area contributed by atoms with E-state index in [2.05, 4.69) is 20.3 Å². The van der Waals surface area contributed by atoms with Crippen molar-refractivity contribution in [2.45, 2.75) is 32.9 Å². The summed E-state index contributed by atoms with van der Waals surface area (Å²) in [6.45, 7) is 4.99. The number of aromatic carboxylic acids is 1. The largest absolute Gasteiger partial charge is 0.477 e. The zero-order valence-electron chi connectivity index (χ0n) is 15.9. The fourth-order valence-corrected chi connectivity index (χ4v) is 3.14. The maximum Gasteiger partial charge on any atom is 0.344 e. The van der Waals surface area contributed by atoms with Crippen molar-refractivity contribution in [3.05, 3.63) is 40.2 Å². The second-order valence-corrected chi connectivity index (χ2v) is 7.57. The molecule has 0 bridgehead atoms. The lowest BCUT2D eigenvalue weighted by atomic mass is 10.2. The van der Waals surface area contributed by atoms with E-state index >= 15 is 0 Å². The number of anilines is 1. The molecule has 2 amide bonds. The van der Waals surface area contributed by atoms with Crippen LogP contribution in [0.1, 0.15) is 36.2 Å². The van der Waals surface area contributed by atoms with Crippen LogP contribution < -0.4 is 20.7 Å². The average molecular weight is 445 g/mol. The molecule has 0 saturated carbocycles. The first kappa shape index (κ1) is 22.9. The SMILES string of the molecule is CC(C)NCCCNC(=O)Nc1snc(OCc2ccc(Cl)cc2F)c1C(=O)O. The van der Waals surface area contributed by atoms with Gasteiger partial charge < -0.3 is 20.5 Å². The molecule has 0 fully saturated rings. The number of hydrogen-bond acceptors (Lipinski definition) is 6. The molecule has 8 nitrogen and oxygen atoms in total. The number of aromatic nitrogens is 1. The molecule has 1 heterocycles. The summed E-state index contributed by atoms with van der Waals surface area (Å²) in [5, 5.41) is 18.0. The van der Waals surface area contributed by atoms with Crippen LogP contribution in [0.25, 0.3) is 0 Å². The Morgan fingerprint density at radius 1 is 1.34 bits per heavy atom. The van der Waals surface area contributed by atoms with Gasteiger partial charge in [-0.25, -0.2) is 14.0 Å². The van der Waals surface area contributed by atoms with E-state index in [4.69, 9.17) is 16.3 Å². The molecule has 0 spiro atoms. The molecule has 0 aliphatic rings. The van der Waals surface area contributed by atoms with Gasteiger partial charge in [-0.3, -0.25) is 5.32 Å². The maximum atomic E-state index is 13.8. The molecule has 158 valence electrons. The van der Waals surface area contributed by atoms with E-state index in [1.165, 1.54) is 12.1 Å². The smallest absolute Gasteiger partial charge is 0.344 e. The van der Waals surface area contributed by atoms with Crippen LogP contribution in [-0.2, 0) is 6.61 Å². The summed E-state index contributed by atoms with van der Waals surface area (Å²) in [4.78, 5) is 23.6. The Kier molecular flexibility index (Phi) is 8.62. The Balaban J connectivity index is 1.95. The van der Waals surface area contributed by atoms with Crippen LogP contribution in [0.15, 0.2) is 18.2 Å². The van der Waals surface area contributed by atoms with Crippen LogP contribution in [-0.4, -0.2) is 40.6 Å². The first-order valence-electron chi connectivity index (χ1n) is 8.85. The molecule has 0 aliphatic carbocycles. The Bertz CT molecular complexity index is 862. The predicted octanol–water partition coefficient (Wildman–Crippen LogP) is 3.72. The first-order valence-corrected chi connectivity index (χ1v) is 10.0. The van der Waals surface area contributed by atoms with Crippen LogP contribution in [0.3, 0.4) is 0 Å². The lowest BCUT2D eigenvalue weighted by Crippen LogP contribution is -2.32. The predicted molar refractivity (Wildman–Crippen MR) is 110 cm³/mol. The summed E-state index contributed by atoms with van der Waals surface area (Å²) in [7, 11) is 0. The van der Waals surface area contributed by atoms with E-state index in [0.717, 1.165) is 30.6 Å². The molecule has 0 atom stereocenters. The van der Waals surface area contributed by atoms with E-state index in [0.29, 0.717) is 12.6 Å². The molecule has 1 aromatic carbocycles. The number of carbonyl (C=O) groups is 2. The van der Waals surface area contributed by atoms with Gasteiger partial charge in [0.1, 0.15) is 17.4 Å². The Labute approximate surface area is 176 Å². The number of nitrogens with one attached hydrogen (secondary N) is 3. The third-order valence-electron chi connectivity index (χ3n) is 3.67. The number of nitrogens with zero attached hydrogens (tertiary/aromatic N) is 1.